The molecule has 0 unspecified atom stereocenters. The highest BCUT2D eigenvalue weighted by Crippen LogP contribution is 2.19. The van der Waals surface area contributed by atoms with Crippen LogP contribution < -0.4 is 4.74 Å². The lowest BCUT2D eigenvalue weighted by molar-refractivity contribution is 0.0600. The predicted octanol–water partition coefficient (Wildman–Crippen LogP) is 4.19. The number of carbonyl (C=O) groups is 1. The van der Waals surface area contributed by atoms with Crippen LogP contribution in [0.2, 0.25) is 0 Å². The molecule has 0 atom stereocenters. The van der Waals surface area contributed by atoms with E-state index in [0.717, 1.165) is 16.7 Å². The van der Waals surface area contributed by atoms with Gasteiger partial charge in [-0.3, -0.25) is 0 Å². The molecule has 0 aliphatic rings. The minimum absolute atomic E-state index is 0.355. The number of ether oxygens (including phenoxy) is 2. The molecule has 0 saturated heterocycles. The standard InChI is InChI=1S/C24H20N4O3/c1-30-24(29)20-13-11-18(12-14-20)16-31-22-10-6-5-9-21(22)15-26-28-17-25-27-23(28)19-7-3-2-4-8-19/h2-15,17H,16H2,1H3/b26-15-. The van der Waals surface area contributed by atoms with E-state index in [1.54, 1.807) is 29.4 Å². The number of esters is 1. The van der Waals surface area contributed by atoms with Gasteiger partial charge in [-0.25, -0.2) is 4.79 Å². The third-order valence-electron chi connectivity index (χ3n) is 4.57. The van der Waals surface area contributed by atoms with E-state index in [9.17, 15) is 4.79 Å². The van der Waals surface area contributed by atoms with E-state index in [2.05, 4.69) is 15.3 Å². The normalized spacial score (nSPS) is 10.9. The summed E-state index contributed by atoms with van der Waals surface area (Å²) in [7, 11) is 1.36. The minimum atomic E-state index is -0.363. The number of hydrogen-bond acceptors (Lipinski definition) is 6. The van der Waals surface area contributed by atoms with Gasteiger partial charge in [0.25, 0.3) is 0 Å². The molecule has 3 aromatic carbocycles. The first-order chi connectivity index (χ1) is 15.2. The van der Waals surface area contributed by atoms with Gasteiger partial charge >= 0.3 is 5.97 Å². The first-order valence-corrected chi connectivity index (χ1v) is 9.63. The zero-order valence-corrected chi connectivity index (χ0v) is 16.9. The van der Waals surface area contributed by atoms with Crippen LogP contribution in [-0.2, 0) is 11.3 Å². The van der Waals surface area contributed by atoms with Crippen LogP contribution in [0.15, 0.2) is 90.3 Å². The van der Waals surface area contributed by atoms with Crippen molar-refractivity contribution in [3.63, 3.8) is 0 Å². The number of methoxy groups -OCH3 is 1. The lowest BCUT2D eigenvalue weighted by Crippen LogP contribution is -2.02. The van der Waals surface area contributed by atoms with E-state index in [1.165, 1.54) is 7.11 Å². The Balaban J connectivity index is 1.48. The molecule has 0 aliphatic carbocycles. The number of hydrogen-bond donors (Lipinski definition) is 0. The number of nitrogens with zero attached hydrogens (tertiary/aromatic N) is 4. The molecule has 0 N–H and O–H groups in total. The molecule has 0 bridgehead atoms. The zero-order chi connectivity index (χ0) is 21.5. The van der Waals surface area contributed by atoms with Crippen molar-refractivity contribution >= 4 is 12.2 Å². The van der Waals surface area contributed by atoms with Gasteiger partial charge in [-0.05, 0) is 29.8 Å². The Morgan fingerprint density at radius 1 is 1.00 bits per heavy atom. The van der Waals surface area contributed by atoms with Gasteiger partial charge in [0.2, 0.25) is 0 Å². The lowest BCUT2D eigenvalue weighted by Gasteiger charge is -2.09. The van der Waals surface area contributed by atoms with Gasteiger partial charge in [0.1, 0.15) is 18.7 Å². The molecule has 1 heterocycles. The molecule has 0 fully saturated rings. The summed E-state index contributed by atoms with van der Waals surface area (Å²) in [5.74, 6) is 0.983. The molecule has 1 aromatic heterocycles. The second-order valence-electron chi connectivity index (χ2n) is 6.62. The Bertz CT molecular complexity index is 1180. The largest absolute Gasteiger partial charge is 0.488 e. The zero-order valence-electron chi connectivity index (χ0n) is 16.9. The molecule has 0 amide bonds. The van der Waals surface area contributed by atoms with Gasteiger partial charge in [0, 0.05) is 11.1 Å². The quantitative estimate of drug-likeness (QED) is 0.336. The maximum absolute atomic E-state index is 11.6. The molecule has 154 valence electrons. The first-order valence-electron chi connectivity index (χ1n) is 9.63. The van der Waals surface area contributed by atoms with Crippen molar-refractivity contribution in [2.45, 2.75) is 6.61 Å². The molecule has 0 spiro atoms. The Kier molecular flexibility index (Phi) is 6.13. The summed E-state index contributed by atoms with van der Waals surface area (Å²) >= 11 is 0. The van der Waals surface area contributed by atoms with Crippen LogP contribution in [0.3, 0.4) is 0 Å². The van der Waals surface area contributed by atoms with Crippen LogP contribution in [-0.4, -0.2) is 34.2 Å². The van der Waals surface area contributed by atoms with Crippen molar-refractivity contribution in [2.75, 3.05) is 7.11 Å². The molecule has 0 radical (unpaired) electrons. The van der Waals surface area contributed by atoms with Crippen LogP contribution in [0.1, 0.15) is 21.5 Å². The number of benzene rings is 3. The van der Waals surface area contributed by atoms with Crippen molar-refractivity contribution in [3.05, 3.63) is 102 Å². The van der Waals surface area contributed by atoms with Gasteiger partial charge in [0.05, 0.1) is 18.9 Å². The topological polar surface area (TPSA) is 78.6 Å². The van der Waals surface area contributed by atoms with Gasteiger partial charge in [-0.15, -0.1) is 10.2 Å². The van der Waals surface area contributed by atoms with Gasteiger partial charge in [0.15, 0.2) is 5.82 Å². The third-order valence-corrected chi connectivity index (χ3v) is 4.57. The van der Waals surface area contributed by atoms with E-state index in [1.807, 2.05) is 66.7 Å². The highest BCUT2D eigenvalue weighted by atomic mass is 16.5. The fourth-order valence-electron chi connectivity index (χ4n) is 2.95. The van der Waals surface area contributed by atoms with E-state index >= 15 is 0 Å². The van der Waals surface area contributed by atoms with E-state index < -0.39 is 0 Å². The van der Waals surface area contributed by atoms with Gasteiger partial charge < -0.3 is 9.47 Å². The summed E-state index contributed by atoms with van der Waals surface area (Å²) < 4.78 is 12.3. The summed E-state index contributed by atoms with van der Waals surface area (Å²) in [6.45, 7) is 0.355. The molecule has 0 aliphatic heterocycles. The Labute approximate surface area is 179 Å². The Morgan fingerprint density at radius 2 is 1.74 bits per heavy atom. The van der Waals surface area contributed by atoms with E-state index in [-0.39, 0.29) is 5.97 Å². The number of rotatable bonds is 7. The van der Waals surface area contributed by atoms with E-state index in [4.69, 9.17) is 9.47 Å². The lowest BCUT2D eigenvalue weighted by atomic mass is 10.1. The number of aromatic nitrogens is 3. The third kappa shape index (κ3) is 4.84. The van der Waals surface area contributed by atoms with Crippen molar-refractivity contribution in [1.82, 2.24) is 14.9 Å². The highest BCUT2D eigenvalue weighted by Gasteiger charge is 2.07. The number of para-hydroxylation sites is 1. The SMILES string of the molecule is COC(=O)c1ccc(COc2ccccc2/C=N\n2cnnc2-c2ccccc2)cc1. The van der Waals surface area contributed by atoms with Crippen LogP contribution in [0.5, 0.6) is 5.75 Å². The molecule has 4 rings (SSSR count). The fraction of sp³-hybridized carbons (Fsp3) is 0.0833. The van der Waals surface area contributed by atoms with Crippen LogP contribution in [0, 0.1) is 0 Å². The summed E-state index contributed by atoms with van der Waals surface area (Å²) in [5, 5.41) is 12.6. The molecular formula is C24H20N4O3. The summed E-state index contributed by atoms with van der Waals surface area (Å²) in [4.78, 5) is 11.6. The maximum Gasteiger partial charge on any atom is 0.337 e. The molecule has 7 heteroatoms. The smallest absolute Gasteiger partial charge is 0.337 e. The maximum atomic E-state index is 11.6. The molecular weight excluding hydrogens is 392 g/mol. The Hall–Kier alpha value is -4.26. The Morgan fingerprint density at radius 3 is 2.52 bits per heavy atom. The second kappa shape index (κ2) is 9.49. The van der Waals surface area contributed by atoms with Crippen molar-refractivity contribution in [1.29, 1.82) is 0 Å². The summed E-state index contributed by atoms with van der Waals surface area (Å²) in [6, 6.07) is 24.5. The van der Waals surface area contributed by atoms with Crippen molar-refractivity contribution < 1.29 is 14.3 Å². The molecule has 7 nitrogen and oxygen atoms in total. The van der Waals surface area contributed by atoms with Crippen molar-refractivity contribution in [3.8, 4) is 17.1 Å². The highest BCUT2D eigenvalue weighted by molar-refractivity contribution is 5.89. The van der Waals surface area contributed by atoms with Gasteiger partial charge in [-0.2, -0.15) is 9.78 Å². The van der Waals surface area contributed by atoms with E-state index in [0.29, 0.717) is 23.7 Å². The van der Waals surface area contributed by atoms with Crippen LogP contribution >= 0.6 is 0 Å². The predicted molar refractivity (Wildman–Crippen MR) is 117 cm³/mol. The number of carbonyl (C=O) groups excluding carboxylic acids is 1. The molecule has 4 aromatic rings. The minimum Gasteiger partial charge on any atom is -0.488 e. The first kappa shape index (κ1) is 20.0. The van der Waals surface area contributed by atoms with Crippen LogP contribution in [0.25, 0.3) is 11.4 Å². The van der Waals surface area contributed by atoms with Crippen molar-refractivity contribution in [2.24, 2.45) is 5.10 Å². The average Bonchev–Trinajstić information content (AvgIpc) is 3.31. The van der Waals surface area contributed by atoms with Gasteiger partial charge in [-0.1, -0.05) is 54.6 Å². The summed E-state index contributed by atoms with van der Waals surface area (Å²) in [6.07, 6.45) is 3.27. The molecule has 31 heavy (non-hydrogen) atoms. The average molecular weight is 412 g/mol. The second-order valence-corrected chi connectivity index (χ2v) is 6.62. The molecule has 0 saturated carbocycles. The fourth-order valence-corrected chi connectivity index (χ4v) is 2.95. The monoisotopic (exact) mass is 412 g/mol. The summed E-state index contributed by atoms with van der Waals surface area (Å²) in [5.41, 5.74) is 3.19. The van der Waals surface area contributed by atoms with Crippen LogP contribution in [0.4, 0.5) is 0 Å².